The van der Waals surface area contributed by atoms with Gasteiger partial charge in [0.15, 0.2) is 0 Å². The van der Waals surface area contributed by atoms with Crippen LogP contribution in [0.5, 0.6) is 0 Å². The topological polar surface area (TPSA) is 43.8 Å². The molecule has 2 N–H and O–H groups in total. The second-order valence-electron chi connectivity index (χ2n) is 3.87. The number of rotatable bonds is 3. The quantitative estimate of drug-likeness (QED) is 0.915. The molecule has 1 aromatic heterocycles. The van der Waals surface area contributed by atoms with Gasteiger partial charge in [-0.25, -0.2) is 4.68 Å². The van der Waals surface area contributed by atoms with Gasteiger partial charge in [-0.05, 0) is 23.8 Å². The molecule has 3 nitrogen and oxygen atoms in total. The van der Waals surface area contributed by atoms with E-state index in [2.05, 4.69) is 5.10 Å². The zero-order chi connectivity index (χ0) is 13.2. The van der Waals surface area contributed by atoms with Crippen LogP contribution in [0.2, 0.25) is 0 Å². The van der Waals surface area contributed by atoms with Crippen molar-refractivity contribution in [2.24, 2.45) is 5.73 Å². The fourth-order valence-corrected chi connectivity index (χ4v) is 1.74. The lowest BCUT2D eigenvalue weighted by atomic mass is 9.98. The Hall–Kier alpha value is -1.82. The van der Waals surface area contributed by atoms with E-state index in [1.165, 1.54) is 12.1 Å². The predicted molar refractivity (Wildman–Crippen MR) is 61.4 cm³/mol. The number of hydrogen-bond donors (Lipinski definition) is 1. The number of aromatic nitrogens is 2. The van der Waals surface area contributed by atoms with Crippen LogP contribution in [0.4, 0.5) is 13.2 Å². The third kappa shape index (κ3) is 2.53. The lowest BCUT2D eigenvalue weighted by molar-refractivity contribution is -0.148. The van der Waals surface area contributed by atoms with Gasteiger partial charge in [0, 0.05) is 18.9 Å². The minimum absolute atomic E-state index is 0.168. The SMILES string of the molecule is NCC(c1ccc(-n2cccn2)cc1)C(F)(F)F. The molecule has 6 heteroatoms. The Kier molecular flexibility index (Phi) is 3.38. The average Bonchev–Trinajstić information content (AvgIpc) is 2.82. The van der Waals surface area contributed by atoms with Gasteiger partial charge in [0.2, 0.25) is 0 Å². The van der Waals surface area contributed by atoms with Crippen molar-refractivity contribution >= 4 is 0 Å². The fourth-order valence-electron chi connectivity index (χ4n) is 1.74. The standard InChI is InChI=1S/C12H12F3N3/c13-12(14,15)11(8-16)9-2-4-10(5-3-9)18-7-1-6-17-18/h1-7,11H,8,16H2. The van der Waals surface area contributed by atoms with Gasteiger partial charge >= 0.3 is 6.18 Å². The third-order valence-electron chi connectivity index (χ3n) is 2.70. The molecule has 0 radical (unpaired) electrons. The first-order valence-electron chi connectivity index (χ1n) is 5.39. The summed E-state index contributed by atoms with van der Waals surface area (Å²) in [6.45, 7) is -0.454. The molecule has 0 bridgehead atoms. The average molecular weight is 255 g/mol. The first-order chi connectivity index (χ1) is 8.52. The van der Waals surface area contributed by atoms with Gasteiger partial charge in [-0.15, -0.1) is 0 Å². The number of alkyl halides is 3. The summed E-state index contributed by atoms with van der Waals surface area (Å²) in [6.07, 6.45) is -0.993. The maximum absolute atomic E-state index is 12.7. The van der Waals surface area contributed by atoms with Crippen LogP contribution in [0.1, 0.15) is 11.5 Å². The molecule has 1 atom stereocenters. The van der Waals surface area contributed by atoms with E-state index in [1.54, 1.807) is 35.3 Å². The molecule has 18 heavy (non-hydrogen) atoms. The van der Waals surface area contributed by atoms with Crippen LogP contribution in [-0.2, 0) is 0 Å². The predicted octanol–water partition coefficient (Wildman–Crippen LogP) is 2.48. The molecule has 0 spiro atoms. The number of nitrogens with zero attached hydrogens (tertiary/aromatic N) is 2. The number of hydrogen-bond acceptors (Lipinski definition) is 2. The van der Waals surface area contributed by atoms with Crippen molar-refractivity contribution in [3.8, 4) is 5.69 Å². The molecule has 1 aromatic carbocycles. The van der Waals surface area contributed by atoms with E-state index in [0.29, 0.717) is 5.69 Å². The summed E-state index contributed by atoms with van der Waals surface area (Å²) >= 11 is 0. The third-order valence-corrected chi connectivity index (χ3v) is 2.70. The van der Waals surface area contributed by atoms with Gasteiger partial charge in [-0.1, -0.05) is 12.1 Å². The maximum Gasteiger partial charge on any atom is 0.396 e. The van der Waals surface area contributed by atoms with E-state index in [4.69, 9.17) is 5.73 Å². The molecule has 1 unspecified atom stereocenters. The summed E-state index contributed by atoms with van der Waals surface area (Å²) in [4.78, 5) is 0. The van der Waals surface area contributed by atoms with Crippen LogP contribution in [0.15, 0.2) is 42.7 Å². The molecule has 0 aliphatic heterocycles. The van der Waals surface area contributed by atoms with Gasteiger partial charge in [-0.2, -0.15) is 18.3 Å². The summed E-state index contributed by atoms with van der Waals surface area (Å²) in [5, 5.41) is 4.00. The molecule has 2 rings (SSSR count). The van der Waals surface area contributed by atoms with E-state index in [-0.39, 0.29) is 5.56 Å². The number of halogens is 3. The van der Waals surface area contributed by atoms with Crippen molar-refractivity contribution in [1.29, 1.82) is 0 Å². The summed E-state index contributed by atoms with van der Waals surface area (Å²) < 4.78 is 39.6. The first kappa shape index (κ1) is 12.6. The monoisotopic (exact) mass is 255 g/mol. The molecule has 0 saturated heterocycles. The van der Waals surface area contributed by atoms with Crippen molar-refractivity contribution < 1.29 is 13.2 Å². The van der Waals surface area contributed by atoms with E-state index in [9.17, 15) is 13.2 Å². The molecule has 96 valence electrons. The van der Waals surface area contributed by atoms with Crippen LogP contribution >= 0.6 is 0 Å². The summed E-state index contributed by atoms with van der Waals surface area (Å²) in [5.74, 6) is -1.62. The van der Waals surface area contributed by atoms with Gasteiger partial charge in [0.1, 0.15) is 0 Å². The Morgan fingerprint density at radius 2 is 1.89 bits per heavy atom. The van der Waals surface area contributed by atoms with Gasteiger partial charge in [-0.3, -0.25) is 0 Å². The lowest BCUT2D eigenvalue weighted by Gasteiger charge is -2.19. The highest BCUT2D eigenvalue weighted by atomic mass is 19.4. The van der Waals surface area contributed by atoms with Crippen molar-refractivity contribution in [1.82, 2.24) is 9.78 Å². The van der Waals surface area contributed by atoms with Crippen molar-refractivity contribution in [2.45, 2.75) is 12.1 Å². The maximum atomic E-state index is 12.7. The van der Waals surface area contributed by atoms with Crippen LogP contribution < -0.4 is 5.73 Å². The molecule has 0 saturated carbocycles. The Labute approximate surface area is 102 Å². The second kappa shape index (κ2) is 4.81. The largest absolute Gasteiger partial charge is 0.396 e. The summed E-state index contributed by atoms with van der Waals surface area (Å²) in [6, 6.07) is 7.80. The smallest absolute Gasteiger partial charge is 0.330 e. The highest BCUT2D eigenvalue weighted by Crippen LogP contribution is 2.34. The second-order valence-corrected chi connectivity index (χ2v) is 3.87. The van der Waals surface area contributed by atoms with Gasteiger partial charge in [0.25, 0.3) is 0 Å². The van der Waals surface area contributed by atoms with Crippen LogP contribution in [0.3, 0.4) is 0 Å². The lowest BCUT2D eigenvalue weighted by Crippen LogP contribution is -2.27. The minimum atomic E-state index is -4.32. The molecule has 0 aliphatic rings. The molecule has 1 heterocycles. The van der Waals surface area contributed by atoms with Crippen LogP contribution in [0.25, 0.3) is 5.69 Å². The van der Waals surface area contributed by atoms with Crippen LogP contribution in [0, 0.1) is 0 Å². The van der Waals surface area contributed by atoms with Crippen LogP contribution in [-0.4, -0.2) is 22.5 Å². The van der Waals surface area contributed by atoms with E-state index in [1.807, 2.05) is 0 Å². The Balaban J connectivity index is 2.27. The molecule has 0 amide bonds. The van der Waals surface area contributed by atoms with Crippen molar-refractivity contribution in [2.75, 3.05) is 6.54 Å². The van der Waals surface area contributed by atoms with E-state index < -0.39 is 18.6 Å². The number of benzene rings is 1. The van der Waals surface area contributed by atoms with E-state index >= 15 is 0 Å². The zero-order valence-corrected chi connectivity index (χ0v) is 9.43. The molecular formula is C12H12F3N3. The van der Waals surface area contributed by atoms with Crippen molar-refractivity contribution in [3.05, 3.63) is 48.3 Å². The molecular weight excluding hydrogens is 243 g/mol. The Bertz CT molecular complexity index is 488. The summed E-state index contributed by atoms with van der Waals surface area (Å²) in [5.41, 5.74) is 6.06. The van der Waals surface area contributed by atoms with Gasteiger partial charge in [0.05, 0.1) is 11.6 Å². The summed E-state index contributed by atoms with van der Waals surface area (Å²) in [7, 11) is 0. The first-order valence-corrected chi connectivity index (χ1v) is 5.39. The zero-order valence-electron chi connectivity index (χ0n) is 9.43. The molecule has 2 aromatic rings. The van der Waals surface area contributed by atoms with E-state index in [0.717, 1.165) is 0 Å². The highest BCUT2D eigenvalue weighted by molar-refractivity contribution is 5.35. The highest BCUT2D eigenvalue weighted by Gasteiger charge is 2.39. The minimum Gasteiger partial charge on any atom is -0.330 e. The Morgan fingerprint density at radius 1 is 1.22 bits per heavy atom. The van der Waals surface area contributed by atoms with Crippen molar-refractivity contribution in [3.63, 3.8) is 0 Å². The van der Waals surface area contributed by atoms with Gasteiger partial charge < -0.3 is 5.73 Å². The molecule has 0 fully saturated rings. The number of nitrogens with two attached hydrogens (primary N) is 1. The molecule has 0 aliphatic carbocycles. The normalized spacial score (nSPS) is 13.6. The Morgan fingerprint density at radius 3 is 2.33 bits per heavy atom. The fraction of sp³-hybridized carbons (Fsp3) is 0.250.